The summed E-state index contributed by atoms with van der Waals surface area (Å²) in [4.78, 5) is 30.3. The van der Waals surface area contributed by atoms with Crippen LogP contribution >= 0.6 is 23.1 Å². The summed E-state index contributed by atoms with van der Waals surface area (Å²) >= 11 is 2.62. The van der Waals surface area contributed by atoms with Crippen molar-refractivity contribution in [1.82, 2.24) is 4.98 Å². The Labute approximate surface area is 169 Å². The molecule has 28 heavy (non-hydrogen) atoms. The van der Waals surface area contributed by atoms with E-state index in [-0.39, 0.29) is 11.7 Å². The van der Waals surface area contributed by atoms with E-state index < -0.39 is 6.03 Å². The molecule has 0 aliphatic heterocycles. The van der Waals surface area contributed by atoms with Crippen LogP contribution in [0.1, 0.15) is 15.4 Å². The summed E-state index contributed by atoms with van der Waals surface area (Å²) in [5.74, 6) is -0.677. The van der Waals surface area contributed by atoms with Gasteiger partial charge in [0.15, 0.2) is 5.13 Å². The zero-order chi connectivity index (χ0) is 20.1. The molecule has 144 valence electrons. The first kappa shape index (κ1) is 19.8. The molecule has 3 aromatic rings. The zero-order valence-corrected chi connectivity index (χ0v) is 16.7. The lowest BCUT2D eigenvalue weighted by atomic mass is 10.3. The van der Waals surface area contributed by atoms with Gasteiger partial charge in [-0.05, 0) is 49.6 Å². The lowest BCUT2D eigenvalue weighted by Crippen LogP contribution is -2.19. The van der Waals surface area contributed by atoms with E-state index >= 15 is 0 Å². The molecule has 0 unspecified atom stereocenters. The van der Waals surface area contributed by atoms with Gasteiger partial charge in [-0.25, -0.2) is 14.2 Å². The van der Waals surface area contributed by atoms with Gasteiger partial charge in [-0.2, -0.15) is 0 Å². The normalized spacial score (nSPS) is 10.4. The number of aromatic nitrogens is 1. The van der Waals surface area contributed by atoms with E-state index in [0.717, 1.165) is 21.9 Å². The van der Waals surface area contributed by atoms with Crippen LogP contribution in [0.4, 0.5) is 25.7 Å². The number of nitrogens with one attached hydrogen (secondary N) is 3. The Kier molecular flexibility index (Phi) is 6.27. The minimum Gasteiger partial charge on any atom is -0.320 e. The maximum atomic E-state index is 12.9. The smallest absolute Gasteiger partial charge is 0.320 e. The number of hydrogen-bond donors (Lipinski definition) is 3. The number of carbonyl (C=O) groups is 2. The molecule has 2 aromatic carbocycles. The number of thiazole rings is 1. The minimum atomic E-state index is -0.528. The number of aryl methyl sites for hydroxylation is 1. The molecule has 3 rings (SSSR count). The molecule has 1 aromatic heterocycles. The Bertz CT molecular complexity index is 1010. The first-order chi connectivity index (χ1) is 13.5. The number of anilines is 3. The van der Waals surface area contributed by atoms with E-state index in [1.165, 1.54) is 36.0 Å². The highest BCUT2D eigenvalue weighted by atomic mass is 32.2. The van der Waals surface area contributed by atoms with E-state index in [0.29, 0.717) is 21.4 Å². The molecule has 0 bridgehead atoms. The topological polar surface area (TPSA) is 83.1 Å². The highest BCUT2D eigenvalue weighted by Crippen LogP contribution is 2.28. The molecule has 1 heterocycles. The van der Waals surface area contributed by atoms with E-state index in [1.807, 2.05) is 30.5 Å². The molecule has 0 spiro atoms. The third-order valence-corrected chi connectivity index (χ3v) is 5.55. The second-order valence-electron chi connectivity index (χ2n) is 5.67. The van der Waals surface area contributed by atoms with Crippen molar-refractivity contribution in [3.05, 3.63) is 64.9 Å². The summed E-state index contributed by atoms with van der Waals surface area (Å²) in [5.41, 5.74) is 1.68. The summed E-state index contributed by atoms with van der Waals surface area (Å²) in [6, 6.07) is 12.4. The lowest BCUT2D eigenvalue weighted by Gasteiger charge is -2.08. The van der Waals surface area contributed by atoms with Gasteiger partial charge in [0.1, 0.15) is 10.7 Å². The number of urea groups is 1. The van der Waals surface area contributed by atoms with Crippen molar-refractivity contribution < 1.29 is 14.0 Å². The van der Waals surface area contributed by atoms with Crippen LogP contribution in [-0.4, -0.2) is 23.2 Å². The van der Waals surface area contributed by atoms with Crippen LogP contribution in [-0.2, 0) is 0 Å². The lowest BCUT2D eigenvalue weighted by molar-refractivity contribution is 0.102. The average Bonchev–Trinajstić information content (AvgIpc) is 3.04. The molecular formula is C19H17FN4O2S2. The summed E-state index contributed by atoms with van der Waals surface area (Å²) in [5, 5.41) is 8.33. The van der Waals surface area contributed by atoms with E-state index in [2.05, 4.69) is 20.9 Å². The van der Waals surface area contributed by atoms with Crippen molar-refractivity contribution in [2.24, 2.45) is 0 Å². The fourth-order valence-corrected chi connectivity index (χ4v) is 3.79. The highest BCUT2D eigenvalue weighted by molar-refractivity contribution is 7.98. The van der Waals surface area contributed by atoms with Gasteiger partial charge < -0.3 is 10.6 Å². The van der Waals surface area contributed by atoms with Gasteiger partial charge in [-0.15, -0.1) is 11.8 Å². The van der Waals surface area contributed by atoms with Crippen molar-refractivity contribution in [1.29, 1.82) is 0 Å². The number of benzene rings is 2. The fourth-order valence-electron chi connectivity index (χ4n) is 2.38. The number of rotatable bonds is 5. The molecule has 3 N–H and O–H groups in total. The third kappa shape index (κ3) is 4.87. The third-order valence-electron chi connectivity index (χ3n) is 3.68. The molecule has 0 radical (unpaired) electrons. The maximum absolute atomic E-state index is 12.9. The van der Waals surface area contributed by atoms with Crippen molar-refractivity contribution >= 4 is 51.5 Å². The van der Waals surface area contributed by atoms with E-state index in [1.54, 1.807) is 6.92 Å². The fraction of sp³-hybridized carbons (Fsp3) is 0.105. The number of nitrogens with zero attached hydrogens (tertiary/aromatic N) is 1. The molecule has 0 aliphatic carbocycles. The molecule has 0 saturated heterocycles. The minimum absolute atomic E-state index is 0.288. The SMILES string of the molecule is CSc1ccccc1NC(=O)c1sc(NC(=O)Nc2ccc(F)cc2)nc1C. The Morgan fingerprint density at radius 3 is 2.46 bits per heavy atom. The molecule has 9 heteroatoms. The summed E-state index contributed by atoms with van der Waals surface area (Å²) in [7, 11) is 0. The van der Waals surface area contributed by atoms with Crippen LogP contribution in [0, 0.1) is 12.7 Å². The van der Waals surface area contributed by atoms with Crippen molar-refractivity contribution in [2.75, 3.05) is 22.2 Å². The molecule has 0 saturated carbocycles. The average molecular weight is 417 g/mol. The van der Waals surface area contributed by atoms with Gasteiger partial charge in [0.25, 0.3) is 5.91 Å². The molecule has 0 fully saturated rings. The van der Waals surface area contributed by atoms with Crippen LogP contribution < -0.4 is 16.0 Å². The monoisotopic (exact) mass is 416 g/mol. The first-order valence-electron chi connectivity index (χ1n) is 8.21. The van der Waals surface area contributed by atoms with Crippen molar-refractivity contribution in [2.45, 2.75) is 11.8 Å². The Morgan fingerprint density at radius 1 is 1.04 bits per heavy atom. The Hall–Kier alpha value is -2.91. The largest absolute Gasteiger partial charge is 0.325 e. The standard InChI is InChI=1S/C19H17FN4O2S2/c1-11-16(17(25)23-14-5-3-4-6-15(14)27-2)28-19(21-11)24-18(26)22-13-9-7-12(20)8-10-13/h3-10H,1-2H3,(H,23,25)(H2,21,22,24,26). The maximum Gasteiger partial charge on any atom is 0.325 e. The van der Waals surface area contributed by atoms with Gasteiger partial charge in [0.2, 0.25) is 0 Å². The van der Waals surface area contributed by atoms with Gasteiger partial charge in [0.05, 0.1) is 11.4 Å². The Balaban J connectivity index is 1.67. The van der Waals surface area contributed by atoms with Crippen molar-refractivity contribution in [3.63, 3.8) is 0 Å². The second-order valence-corrected chi connectivity index (χ2v) is 7.52. The predicted molar refractivity (Wildman–Crippen MR) is 112 cm³/mol. The van der Waals surface area contributed by atoms with Gasteiger partial charge in [-0.3, -0.25) is 10.1 Å². The van der Waals surface area contributed by atoms with Crippen LogP contribution in [0.15, 0.2) is 53.4 Å². The van der Waals surface area contributed by atoms with E-state index in [4.69, 9.17) is 0 Å². The first-order valence-corrected chi connectivity index (χ1v) is 10.3. The summed E-state index contributed by atoms with van der Waals surface area (Å²) in [6.07, 6.45) is 1.94. The highest BCUT2D eigenvalue weighted by Gasteiger charge is 2.17. The number of amides is 3. The molecule has 6 nitrogen and oxygen atoms in total. The van der Waals surface area contributed by atoms with Crippen LogP contribution in [0.2, 0.25) is 0 Å². The zero-order valence-electron chi connectivity index (χ0n) is 15.1. The number of hydrogen-bond acceptors (Lipinski definition) is 5. The van der Waals surface area contributed by atoms with Crippen LogP contribution in [0.25, 0.3) is 0 Å². The van der Waals surface area contributed by atoms with Gasteiger partial charge >= 0.3 is 6.03 Å². The summed E-state index contributed by atoms with van der Waals surface area (Å²) < 4.78 is 12.9. The predicted octanol–water partition coefficient (Wildman–Crippen LogP) is 5.21. The summed E-state index contributed by atoms with van der Waals surface area (Å²) in [6.45, 7) is 1.70. The molecule has 3 amide bonds. The Morgan fingerprint density at radius 2 is 1.75 bits per heavy atom. The van der Waals surface area contributed by atoms with Crippen LogP contribution in [0.5, 0.6) is 0 Å². The second kappa shape index (κ2) is 8.85. The number of halogens is 1. The number of para-hydroxylation sites is 1. The number of carbonyl (C=O) groups excluding carboxylic acids is 2. The molecular weight excluding hydrogens is 399 g/mol. The van der Waals surface area contributed by atoms with Crippen LogP contribution in [0.3, 0.4) is 0 Å². The van der Waals surface area contributed by atoms with Gasteiger partial charge in [0, 0.05) is 10.6 Å². The molecule has 0 atom stereocenters. The quantitative estimate of drug-likeness (QED) is 0.499. The van der Waals surface area contributed by atoms with E-state index in [9.17, 15) is 14.0 Å². The molecule has 0 aliphatic rings. The van der Waals surface area contributed by atoms with Crippen molar-refractivity contribution in [3.8, 4) is 0 Å². The van der Waals surface area contributed by atoms with Gasteiger partial charge in [-0.1, -0.05) is 23.5 Å². The number of thioether (sulfide) groups is 1.